The Morgan fingerprint density at radius 2 is 1.82 bits per heavy atom. The lowest BCUT2D eigenvalue weighted by Crippen LogP contribution is -2.46. The van der Waals surface area contributed by atoms with Crippen molar-refractivity contribution in [2.24, 2.45) is 0 Å². The van der Waals surface area contributed by atoms with E-state index in [0.29, 0.717) is 11.4 Å². The van der Waals surface area contributed by atoms with E-state index >= 15 is 0 Å². The first-order chi connectivity index (χ1) is 10.7. The molecule has 0 saturated heterocycles. The van der Waals surface area contributed by atoms with Crippen molar-refractivity contribution in [3.8, 4) is 0 Å². The number of nitrogens with zero attached hydrogens (tertiary/aromatic N) is 1. The highest BCUT2D eigenvalue weighted by atomic mass is 19.1. The molecule has 0 atom stereocenters. The number of hydrogen-bond donors (Lipinski definition) is 2. The first-order valence-corrected chi connectivity index (χ1v) is 7.45. The van der Waals surface area contributed by atoms with Gasteiger partial charge in [-0.3, -0.25) is 5.32 Å². The van der Waals surface area contributed by atoms with Crippen molar-refractivity contribution in [3.05, 3.63) is 60.0 Å². The van der Waals surface area contributed by atoms with Gasteiger partial charge in [0, 0.05) is 11.8 Å². The summed E-state index contributed by atoms with van der Waals surface area (Å²) >= 11 is 0. The Hall–Kier alpha value is -2.43. The molecule has 0 aliphatic heterocycles. The van der Waals surface area contributed by atoms with Crippen LogP contribution < -0.4 is 10.6 Å². The predicted molar refractivity (Wildman–Crippen MR) is 82.9 cm³/mol. The first-order valence-electron chi connectivity index (χ1n) is 7.45. The molecule has 0 bridgehead atoms. The summed E-state index contributed by atoms with van der Waals surface area (Å²) in [6.07, 6.45) is 5.03. The molecule has 1 aliphatic carbocycles. The Bertz CT molecular complexity index is 654. The average molecular weight is 299 g/mol. The second-order valence-electron chi connectivity index (χ2n) is 5.56. The Morgan fingerprint density at radius 3 is 2.50 bits per heavy atom. The summed E-state index contributed by atoms with van der Waals surface area (Å²) in [6, 6.07) is 11.6. The zero-order chi connectivity index (χ0) is 15.4. The van der Waals surface area contributed by atoms with Gasteiger partial charge in [0.15, 0.2) is 0 Å². The Morgan fingerprint density at radius 1 is 1.09 bits per heavy atom. The second-order valence-corrected chi connectivity index (χ2v) is 5.56. The van der Waals surface area contributed by atoms with Gasteiger partial charge in [-0.15, -0.1) is 0 Å². The summed E-state index contributed by atoms with van der Waals surface area (Å²) in [5, 5.41) is 5.67. The Labute approximate surface area is 128 Å². The van der Waals surface area contributed by atoms with E-state index in [1.54, 1.807) is 42.6 Å². The lowest BCUT2D eigenvalue weighted by atomic mass is 9.88. The smallest absolute Gasteiger partial charge is 0.321 e. The van der Waals surface area contributed by atoms with Crippen LogP contribution in [0.3, 0.4) is 0 Å². The molecule has 2 amide bonds. The molecule has 2 N–H and O–H groups in total. The molecule has 5 heteroatoms. The summed E-state index contributed by atoms with van der Waals surface area (Å²) in [5.41, 5.74) is -0.0758. The summed E-state index contributed by atoms with van der Waals surface area (Å²) in [5.74, 6) is 0.198. The highest BCUT2D eigenvalue weighted by molar-refractivity contribution is 5.88. The molecule has 1 aromatic carbocycles. The predicted octanol–water partition coefficient (Wildman–Crippen LogP) is 3.81. The van der Waals surface area contributed by atoms with E-state index in [2.05, 4.69) is 15.6 Å². The second kappa shape index (κ2) is 6.13. The number of carbonyl (C=O) groups is 1. The highest BCUT2D eigenvalue weighted by Crippen LogP contribution is 2.39. The van der Waals surface area contributed by atoms with Crippen molar-refractivity contribution in [3.63, 3.8) is 0 Å². The number of benzene rings is 1. The molecule has 3 rings (SSSR count). The minimum Gasteiger partial charge on any atom is -0.328 e. The van der Waals surface area contributed by atoms with Crippen LogP contribution in [0.15, 0.2) is 48.7 Å². The van der Waals surface area contributed by atoms with Gasteiger partial charge in [0.1, 0.15) is 11.6 Å². The summed E-state index contributed by atoms with van der Waals surface area (Å²) in [4.78, 5) is 16.3. The quantitative estimate of drug-likeness (QED) is 0.905. The number of nitrogens with one attached hydrogen (secondary N) is 2. The van der Waals surface area contributed by atoms with Crippen molar-refractivity contribution >= 4 is 11.8 Å². The molecule has 1 saturated carbocycles. The molecule has 2 aromatic rings. The number of carbonyl (C=O) groups excluding carboxylic acids is 1. The van der Waals surface area contributed by atoms with Gasteiger partial charge in [-0.1, -0.05) is 37.1 Å². The number of amides is 2. The van der Waals surface area contributed by atoms with Gasteiger partial charge >= 0.3 is 6.03 Å². The van der Waals surface area contributed by atoms with E-state index in [1.165, 1.54) is 6.07 Å². The largest absolute Gasteiger partial charge is 0.328 e. The molecule has 1 fully saturated rings. The Balaban J connectivity index is 1.80. The molecule has 0 unspecified atom stereocenters. The van der Waals surface area contributed by atoms with Crippen LogP contribution in [0.25, 0.3) is 0 Å². The number of pyridine rings is 1. The fourth-order valence-corrected chi connectivity index (χ4v) is 3.09. The molecule has 1 aliphatic rings. The van der Waals surface area contributed by atoms with Gasteiger partial charge in [-0.25, -0.2) is 14.2 Å². The van der Waals surface area contributed by atoms with Gasteiger partial charge in [-0.2, -0.15) is 0 Å². The molecule has 0 radical (unpaired) electrons. The SMILES string of the molecule is O=C(Nc1ccccn1)NC1(c2ccccc2F)CCCC1. The van der Waals surface area contributed by atoms with E-state index in [0.717, 1.165) is 25.7 Å². The van der Waals surface area contributed by atoms with Crippen LogP contribution in [0.1, 0.15) is 31.2 Å². The standard InChI is InChI=1S/C17H18FN3O/c18-14-8-2-1-7-13(14)17(10-4-5-11-17)21-16(22)20-15-9-3-6-12-19-15/h1-3,6-9,12H,4-5,10-11H2,(H2,19,20,21,22). The van der Waals surface area contributed by atoms with Gasteiger partial charge in [-0.05, 0) is 31.0 Å². The third-order valence-electron chi connectivity index (χ3n) is 4.11. The lowest BCUT2D eigenvalue weighted by Gasteiger charge is -2.31. The maximum absolute atomic E-state index is 14.2. The monoisotopic (exact) mass is 299 g/mol. The third kappa shape index (κ3) is 2.93. The van der Waals surface area contributed by atoms with E-state index < -0.39 is 5.54 Å². The molecule has 0 spiro atoms. The van der Waals surface area contributed by atoms with Gasteiger partial charge in [0.25, 0.3) is 0 Å². The number of aromatic nitrogens is 1. The van der Waals surface area contributed by atoms with E-state index in [4.69, 9.17) is 0 Å². The molecule has 22 heavy (non-hydrogen) atoms. The van der Waals surface area contributed by atoms with E-state index in [-0.39, 0.29) is 11.8 Å². The number of anilines is 1. The van der Waals surface area contributed by atoms with Crippen molar-refractivity contribution < 1.29 is 9.18 Å². The highest BCUT2D eigenvalue weighted by Gasteiger charge is 2.38. The van der Waals surface area contributed by atoms with Crippen molar-refractivity contribution in [2.75, 3.05) is 5.32 Å². The maximum Gasteiger partial charge on any atom is 0.321 e. The summed E-state index contributed by atoms with van der Waals surface area (Å²) < 4.78 is 14.2. The number of hydrogen-bond acceptors (Lipinski definition) is 2. The summed E-state index contributed by atoms with van der Waals surface area (Å²) in [7, 11) is 0. The van der Waals surface area contributed by atoms with E-state index in [9.17, 15) is 9.18 Å². The normalized spacial score (nSPS) is 16.2. The number of urea groups is 1. The van der Waals surface area contributed by atoms with Crippen LogP contribution in [-0.4, -0.2) is 11.0 Å². The zero-order valence-electron chi connectivity index (χ0n) is 12.2. The topological polar surface area (TPSA) is 54.0 Å². The molecule has 1 aromatic heterocycles. The van der Waals surface area contributed by atoms with Crippen molar-refractivity contribution in [2.45, 2.75) is 31.2 Å². The molecule has 4 nitrogen and oxygen atoms in total. The number of rotatable bonds is 3. The molecular formula is C17H18FN3O. The molecule has 1 heterocycles. The van der Waals surface area contributed by atoms with Crippen LogP contribution in [0.5, 0.6) is 0 Å². The fourth-order valence-electron chi connectivity index (χ4n) is 3.09. The van der Waals surface area contributed by atoms with Gasteiger partial charge in [0.2, 0.25) is 0 Å². The fraction of sp³-hybridized carbons (Fsp3) is 0.294. The number of halogens is 1. The summed E-state index contributed by atoms with van der Waals surface area (Å²) in [6.45, 7) is 0. The minimum atomic E-state index is -0.635. The van der Waals surface area contributed by atoms with Crippen LogP contribution in [-0.2, 0) is 5.54 Å². The van der Waals surface area contributed by atoms with Gasteiger partial charge in [0.05, 0.1) is 5.54 Å². The maximum atomic E-state index is 14.2. The minimum absolute atomic E-state index is 0.275. The van der Waals surface area contributed by atoms with Crippen LogP contribution in [0.4, 0.5) is 15.0 Å². The third-order valence-corrected chi connectivity index (χ3v) is 4.11. The van der Waals surface area contributed by atoms with Crippen LogP contribution >= 0.6 is 0 Å². The van der Waals surface area contributed by atoms with Gasteiger partial charge < -0.3 is 5.32 Å². The van der Waals surface area contributed by atoms with Crippen LogP contribution in [0, 0.1) is 5.82 Å². The van der Waals surface area contributed by atoms with Crippen molar-refractivity contribution in [1.29, 1.82) is 0 Å². The van der Waals surface area contributed by atoms with Crippen LogP contribution in [0.2, 0.25) is 0 Å². The van der Waals surface area contributed by atoms with Crippen molar-refractivity contribution in [1.82, 2.24) is 10.3 Å². The first kappa shape index (κ1) is 14.5. The Kier molecular flexibility index (Phi) is 4.04. The molecule has 114 valence electrons. The lowest BCUT2D eigenvalue weighted by molar-refractivity contribution is 0.235. The molecular weight excluding hydrogens is 281 g/mol. The average Bonchev–Trinajstić information content (AvgIpc) is 2.98. The van der Waals surface area contributed by atoms with E-state index in [1.807, 2.05) is 0 Å². The zero-order valence-corrected chi connectivity index (χ0v) is 12.2.